The minimum absolute atomic E-state index is 0.0522. The third kappa shape index (κ3) is 2.84. The van der Waals surface area contributed by atoms with Gasteiger partial charge in [-0.15, -0.1) is 0 Å². The molecule has 3 rings (SSSR count). The van der Waals surface area contributed by atoms with Crippen LogP contribution >= 0.6 is 0 Å². The highest BCUT2D eigenvalue weighted by atomic mass is 16.5. The fraction of sp³-hybridized carbons (Fsp3) is 0.353. The molecule has 6 nitrogen and oxygen atoms in total. The van der Waals surface area contributed by atoms with Crippen LogP contribution in [-0.2, 0) is 9.53 Å². The van der Waals surface area contributed by atoms with Gasteiger partial charge in [0.2, 0.25) is 5.91 Å². The number of benzene rings is 1. The molecule has 0 bridgehead atoms. The Labute approximate surface area is 134 Å². The van der Waals surface area contributed by atoms with E-state index in [0.29, 0.717) is 25.3 Å². The first-order valence-corrected chi connectivity index (χ1v) is 7.69. The highest BCUT2D eigenvalue weighted by Gasteiger charge is 2.25. The highest BCUT2D eigenvalue weighted by molar-refractivity contribution is 6.06. The Bertz CT molecular complexity index is 773. The number of piperazine rings is 1. The number of esters is 1. The summed E-state index contributed by atoms with van der Waals surface area (Å²) in [6.45, 7) is 5.46. The summed E-state index contributed by atoms with van der Waals surface area (Å²) in [4.78, 5) is 30.5. The largest absolute Gasteiger partial charge is 0.462 e. The van der Waals surface area contributed by atoms with Crippen molar-refractivity contribution in [2.24, 2.45) is 0 Å². The number of ether oxygens (including phenoxy) is 1. The molecule has 1 fully saturated rings. The van der Waals surface area contributed by atoms with E-state index in [2.05, 4.69) is 10.3 Å². The summed E-state index contributed by atoms with van der Waals surface area (Å²) in [5.41, 5.74) is 2.99. The fourth-order valence-corrected chi connectivity index (χ4v) is 2.89. The maximum absolute atomic E-state index is 12.3. The van der Waals surface area contributed by atoms with Gasteiger partial charge in [-0.2, -0.15) is 0 Å². The average Bonchev–Trinajstić information content (AvgIpc) is 2.54. The standard InChI is InChI=1S/C17H19N3O3/c1-3-23-17(22)13-9-19-15-11(2)5-4-6-12(15)16(13)20-8-7-18-14(21)10-20/h4-6,9H,3,7-8,10H2,1-2H3,(H,18,21). The Balaban J connectivity index is 2.20. The van der Waals surface area contributed by atoms with Crippen LogP contribution in [0.15, 0.2) is 24.4 Å². The number of hydrogen-bond acceptors (Lipinski definition) is 5. The summed E-state index contributed by atoms with van der Waals surface area (Å²) >= 11 is 0. The van der Waals surface area contributed by atoms with Gasteiger partial charge >= 0.3 is 5.97 Å². The van der Waals surface area contributed by atoms with Crippen molar-refractivity contribution in [3.05, 3.63) is 35.5 Å². The van der Waals surface area contributed by atoms with Gasteiger partial charge < -0.3 is 15.0 Å². The molecule has 0 aliphatic carbocycles. The molecule has 23 heavy (non-hydrogen) atoms. The van der Waals surface area contributed by atoms with E-state index >= 15 is 0 Å². The van der Waals surface area contributed by atoms with Crippen LogP contribution in [0.3, 0.4) is 0 Å². The molecule has 1 aromatic heterocycles. The third-order valence-corrected chi connectivity index (χ3v) is 3.92. The van der Waals surface area contributed by atoms with Crippen molar-refractivity contribution >= 4 is 28.5 Å². The van der Waals surface area contributed by atoms with Gasteiger partial charge in [0.15, 0.2) is 0 Å². The maximum atomic E-state index is 12.3. The van der Waals surface area contributed by atoms with Crippen molar-refractivity contribution in [1.29, 1.82) is 0 Å². The summed E-state index contributed by atoms with van der Waals surface area (Å²) in [7, 11) is 0. The zero-order chi connectivity index (χ0) is 16.4. The van der Waals surface area contributed by atoms with Crippen LogP contribution < -0.4 is 10.2 Å². The molecule has 1 aliphatic rings. The third-order valence-electron chi connectivity index (χ3n) is 3.92. The van der Waals surface area contributed by atoms with Crippen molar-refractivity contribution in [3.8, 4) is 0 Å². The van der Waals surface area contributed by atoms with Crippen molar-refractivity contribution in [1.82, 2.24) is 10.3 Å². The Morgan fingerprint density at radius 2 is 2.26 bits per heavy atom. The van der Waals surface area contributed by atoms with E-state index in [1.807, 2.05) is 30.0 Å². The van der Waals surface area contributed by atoms with E-state index in [0.717, 1.165) is 22.2 Å². The first-order chi connectivity index (χ1) is 11.1. The van der Waals surface area contributed by atoms with Crippen LogP contribution in [0, 0.1) is 6.92 Å². The van der Waals surface area contributed by atoms with Crippen molar-refractivity contribution < 1.29 is 14.3 Å². The highest BCUT2D eigenvalue weighted by Crippen LogP contribution is 2.32. The van der Waals surface area contributed by atoms with Gasteiger partial charge in [-0.3, -0.25) is 9.78 Å². The van der Waals surface area contributed by atoms with Crippen LogP contribution in [0.5, 0.6) is 0 Å². The molecule has 1 aromatic carbocycles. The second-order valence-electron chi connectivity index (χ2n) is 5.48. The summed E-state index contributed by atoms with van der Waals surface area (Å²) < 4.78 is 5.16. The maximum Gasteiger partial charge on any atom is 0.341 e. The molecule has 0 unspecified atom stereocenters. The summed E-state index contributed by atoms with van der Waals surface area (Å²) in [6, 6.07) is 5.84. The molecule has 1 amide bonds. The minimum atomic E-state index is -0.413. The quantitative estimate of drug-likeness (QED) is 0.873. The second-order valence-corrected chi connectivity index (χ2v) is 5.48. The number of fused-ring (bicyclic) bond motifs is 1. The number of aromatic nitrogens is 1. The topological polar surface area (TPSA) is 71.5 Å². The van der Waals surface area contributed by atoms with E-state index in [-0.39, 0.29) is 12.5 Å². The zero-order valence-electron chi connectivity index (χ0n) is 13.3. The summed E-state index contributed by atoms with van der Waals surface area (Å²) in [5.74, 6) is -0.465. The number of aryl methyl sites for hydroxylation is 1. The lowest BCUT2D eigenvalue weighted by atomic mass is 10.0. The molecule has 0 atom stereocenters. The van der Waals surface area contributed by atoms with E-state index in [1.54, 1.807) is 13.1 Å². The number of amides is 1. The fourth-order valence-electron chi connectivity index (χ4n) is 2.89. The molecule has 0 spiro atoms. The van der Waals surface area contributed by atoms with Gasteiger partial charge in [-0.1, -0.05) is 18.2 Å². The minimum Gasteiger partial charge on any atom is -0.462 e. The molecular weight excluding hydrogens is 294 g/mol. The lowest BCUT2D eigenvalue weighted by Crippen LogP contribution is -2.48. The monoisotopic (exact) mass is 313 g/mol. The van der Waals surface area contributed by atoms with E-state index in [4.69, 9.17) is 4.74 Å². The predicted octanol–water partition coefficient (Wildman–Crippen LogP) is 1.66. The number of pyridine rings is 1. The number of hydrogen-bond donors (Lipinski definition) is 1. The summed E-state index contributed by atoms with van der Waals surface area (Å²) in [6.07, 6.45) is 1.55. The Morgan fingerprint density at radius 3 is 3.00 bits per heavy atom. The predicted molar refractivity (Wildman–Crippen MR) is 87.7 cm³/mol. The van der Waals surface area contributed by atoms with Gasteiger partial charge in [0, 0.05) is 24.7 Å². The first-order valence-electron chi connectivity index (χ1n) is 7.69. The first kappa shape index (κ1) is 15.3. The van der Waals surface area contributed by atoms with Gasteiger partial charge in [-0.25, -0.2) is 4.79 Å². The molecule has 1 aliphatic heterocycles. The van der Waals surface area contributed by atoms with Crippen LogP contribution in [-0.4, -0.2) is 43.1 Å². The van der Waals surface area contributed by atoms with Gasteiger partial charge in [-0.05, 0) is 19.4 Å². The van der Waals surface area contributed by atoms with Crippen molar-refractivity contribution in [3.63, 3.8) is 0 Å². The molecule has 120 valence electrons. The SMILES string of the molecule is CCOC(=O)c1cnc2c(C)cccc2c1N1CCNC(=O)C1. The Kier molecular flexibility index (Phi) is 4.14. The van der Waals surface area contributed by atoms with E-state index in [9.17, 15) is 9.59 Å². The molecule has 6 heteroatoms. The average molecular weight is 313 g/mol. The van der Waals surface area contributed by atoms with Crippen molar-refractivity contribution in [2.75, 3.05) is 31.1 Å². The van der Waals surface area contributed by atoms with E-state index < -0.39 is 5.97 Å². The van der Waals surface area contributed by atoms with Crippen molar-refractivity contribution in [2.45, 2.75) is 13.8 Å². The molecular formula is C17H19N3O3. The molecule has 1 N–H and O–H groups in total. The van der Waals surface area contributed by atoms with Crippen LogP contribution in [0.2, 0.25) is 0 Å². The second kappa shape index (κ2) is 6.24. The Morgan fingerprint density at radius 1 is 1.43 bits per heavy atom. The van der Waals surface area contributed by atoms with Gasteiger partial charge in [0.05, 0.1) is 24.4 Å². The molecule has 2 heterocycles. The number of nitrogens with zero attached hydrogens (tertiary/aromatic N) is 2. The van der Waals surface area contributed by atoms with Gasteiger partial charge in [0.25, 0.3) is 0 Å². The lowest BCUT2D eigenvalue weighted by molar-refractivity contribution is -0.120. The zero-order valence-corrected chi connectivity index (χ0v) is 13.3. The Hall–Kier alpha value is -2.63. The number of anilines is 1. The number of carbonyl (C=O) groups excluding carboxylic acids is 2. The van der Waals surface area contributed by atoms with Crippen LogP contribution in [0.25, 0.3) is 10.9 Å². The molecule has 0 saturated carbocycles. The number of nitrogens with one attached hydrogen (secondary N) is 1. The van der Waals surface area contributed by atoms with Crippen LogP contribution in [0.4, 0.5) is 5.69 Å². The lowest BCUT2D eigenvalue weighted by Gasteiger charge is -2.31. The number of carbonyl (C=O) groups is 2. The van der Waals surface area contributed by atoms with Gasteiger partial charge in [0.1, 0.15) is 5.56 Å². The number of para-hydroxylation sites is 1. The van der Waals surface area contributed by atoms with E-state index in [1.165, 1.54) is 0 Å². The number of rotatable bonds is 3. The molecule has 2 aromatic rings. The molecule has 0 radical (unpaired) electrons. The normalized spacial score (nSPS) is 14.7. The van der Waals surface area contributed by atoms with Crippen LogP contribution in [0.1, 0.15) is 22.8 Å². The summed E-state index contributed by atoms with van der Waals surface area (Å²) in [5, 5.41) is 3.67. The smallest absolute Gasteiger partial charge is 0.341 e. The molecule has 1 saturated heterocycles.